The zero-order chi connectivity index (χ0) is 22.3. The van der Waals surface area contributed by atoms with Crippen LogP contribution >= 0.6 is 11.3 Å². The summed E-state index contributed by atoms with van der Waals surface area (Å²) in [6.07, 6.45) is 3.15. The van der Waals surface area contributed by atoms with Crippen LogP contribution in [0, 0.1) is 0 Å². The number of hydrogen-bond acceptors (Lipinski definition) is 7. The Labute approximate surface area is 184 Å². The van der Waals surface area contributed by atoms with Crippen LogP contribution in [-0.4, -0.2) is 43.2 Å². The fourth-order valence-corrected chi connectivity index (χ4v) is 6.65. The average Bonchev–Trinajstić information content (AvgIpc) is 3.16. The molecular weight excluding hydrogens is 440 g/mol. The van der Waals surface area contributed by atoms with Gasteiger partial charge in [-0.1, -0.05) is 12.1 Å². The number of rotatable bonds is 5. The van der Waals surface area contributed by atoms with Crippen molar-refractivity contribution in [2.75, 3.05) is 11.9 Å². The summed E-state index contributed by atoms with van der Waals surface area (Å²) >= 11 is 1.31. The van der Waals surface area contributed by atoms with Gasteiger partial charge < -0.3 is 10.1 Å². The van der Waals surface area contributed by atoms with Crippen molar-refractivity contribution in [2.45, 2.75) is 50.5 Å². The number of benzene rings is 1. The minimum Gasteiger partial charge on any atom is -0.459 e. The first-order valence-corrected chi connectivity index (χ1v) is 12.3. The van der Waals surface area contributed by atoms with Gasteiger partial charge in [0.2, 0.25) is 5.91 Å². The molecule has 2 aliphatic rings. The average molecular weight is 463 g/mol. The first-order chi connectivity index (χ1) is 14.7. The number of thiophene rings is 1. The molecule has 0 radical (unpaired) electrons. The molecule has 0 unspecified atom stereocenters. The van der Waals surface area contributed by atoms with E-state index in [1.165, 1.54) is 29.5 Å². The van der Waals surface area contributed by atoms with Crippen molar-refractivity contribution >= 4 is 44.1 Å². The lowest BCUT2D eigenvalue weighted by Crippen LogP contribution is -2.37. The molecule has 4 rings (SSSR count). The Morgan fingerprint density at radius 1 is 1.19 bits per heavy atom. The second kappa shape index (κ2) is 8.08. The molecule has 0 bridgehead atoms. The van der Waals surface area contributed by atoms with Crippen LogP contribution in [0.3, 0.4) is 0 Å². The van der Waals surface area contributed by atoms with Crippen molar-refractivity contribution in [3.8, 4) is 0 Å². The second-order valence-corrected chi connectivity index (χ2v) is 10.7. The van der Waals surface area contributed by atoms with Crippen LogP contribution in [0.5, 0.6) is 0 Å². The van der Waals surface area contributed by atoms with Crippen molar-refractivity contribution in [1.82, 2.24) is 4.31 Å². The number of carbonyl (C=O) groups excluding carboxylic acids is 3. The zero-order valence-electron chi connectivity index (χ0n) is 17.1. The van der Waals surface area contributed by atoms with Gasteiger partial charge in [-0.15, -0.1) is 11.3 Å². The topological polar surface area (TPSA) is 110 Å². The number of aryl methyl sites for hydroxylation is 1. The lowest BCUT2D eigenvalue weighted by molar-refractivity contribution is -0.116. The molecule has 0 saturated carbocycles. The summed E-state index contributed by atoms with van der Waals surface area (Å²) in [5.41, 5.74) is 1.26. The van der Waals surface area contributed by atoms with E-state index in [1.807, 2.05) is 0 Å². The number of hydrogen-bond donors (Lipinski definition) is 1. The van der Waals surface area contributed by atoms with Gasteiger partial charge in [-0.25, -0.2) is 17.5 Å². The molecule has 1 aliphatic carbocycles. The van der Waals surface area contributed by atoms with Gasteiger partial charge in [0.25, 0.3) is 15.9 Å². The Morgan fingerprint density at radius 3 is 2.61 bits per heavy atom. The molecule has 8 nitrogen and oxygen atoms in total. The molecule has 2 aromatic rings. The van der Waals surface area contributed by atoms with Crippen LogP contribution in [0.1, 0.15) is 57.8 Å². The fraction of sp³-hybridized carbons (Fsp3) is 0.381. The highest BCUT2D eigenvalue weighted by atomic mass is 32.2. The van der Waals surface area contributed by atoms with Crippen molar-refractivity contribution in [2.24, 2.45) is 0 Å². The largest absolute Gasteiger partial charge is 0.459 e. The van der Waals surface area contributed by atoms with Gasteiger partial charge in [-0.2, -0.15) is 0 Å². The van der Waals surface area contributed by atoms with E-state index in [9.17, 15) is 22.8 Å². The molecule has 1 N–H and O–H groups in total. The molecule has 10 heteroatoms. The highest BCUT2D eigenvalue weighted by Crippen LogP contribution is 2.39. The van der Waals surface area contributed by atoms with Crippen LogP contribution in [0.25, 0.3) is 0 Å². The number of nitrogens with one attached hydrogen (secondary N) is 1. The normalized spacial score (nSPS) is 16.7. The standard InChI is InChI=1S/C21H22N2O6S2/c1-12(2)29-21(26)18-13-7-3-5-9-15(13)30-19(18)22-17(24)11-23-20(25)14-8-4-6-10-16(14)31(23,27)28/h4,6,8,10,12H,3,5,7,9,11H2,1-2H3,(H,22,24). The molecule has 0 saturated heterocycles. The molecule has 1 aliphatic heterocycles. The summed E-state index contributed by atoms with van der Waals surface area (Å²) in [4.78, 5) is 38.9. The Hall–Kier alpha value is -2.72. The predicted octanol–water partition coefficient (Wildman–Crippen LogP) is 2.98. The summed E-state index contributed by atoms with van der Waals surface area (Å²) in [7, 11) is -4.09. The zero-order valence-corrected chi connectivity index (χ0v) is 18.8. The van der Waals surface area contributed by atoms with Gasteiger partial charge >= 0.3 is 5.97 Å². The Balaban J connectivity index is 1.59. The van der Waals surface area contributed by atoms with E-state index in [4.69, 9.17) is 4.74 Å². The van der Waals surface area contributed by atoms with Crippen molar-refractivity contribution in [3.05, 3.63) is 45.8 Å². The third-order valence-electron chi connectivity index (χ3n) is 5.17. The van der Waals surface area contributed by atoms with E-state index < -0.39 is 34.4 Å². The second-order valence-electron chi connectivity index (χ2n) is 7.73. The van der Waals surface area contributed by atoms with Crippen molar-refractivity contribution < 1.29 is 27.5 Å². The molecule has 1 aromatic carbocycles. The monoisotopic (exact) mass is 462 g/mol. The predicted molar refractivity (Wildman–Crippen MR) is 115 cm³/mol. The maximum absolute atomic E-state index is 12.7. The first kappa shape index (κ1) is 21.5. The molecule has 0 atom stereocenters. The van der Waals surface area contributed by atoms with E-state index in [-0.39, 0.29) is 16.6 Å². The Kier molecular flexibility index (Phi) is 5.61. The van der Waals surface area contributed by atoms with Gasteiger partial charge in [0.05, 0.1) is 17.2 Å². The summed E-state index contributed by atoms with van der Waals surface area (Å²) in [6.45, 7) is 2.82. The molecule has 0 spiro atoms. The third kappa shape index (κ3) is 3.85. The minimum absolute atomic E-state index is 0.0445. The molecule has 1 aromatic heterocycles. The lowest BCUT2D eigenvalue weighted by Gasteiger charge is -2.16. The molecule has 2 heterocycles. The Bertz CT molecular complexity index is 1180. The van der Waals surface area contributed by atoms with Gasteiger partial charge in [0, 0.05) is 4.88 Å². The molecule has 2 amide bonds. The molecular formula is C21H22N2O6S2. The van der Waals surface area contributed by atoms with Gasteiger partial charge in [-0.3, -0.25) is 9.59 Å². The molecule has 164 valence electrons. The number of anilines is 1. The highest BCUT2D eigenvalue weighted by molar-refractivity contribution is 7.90. The fourth-order valence-electron chi connectivity index (χ4n) is 3.83. The number of nitrogens with zero attached hydrogens (tertiary/aromatic N) is 1. The van der Waals surface area contributed by atoms with Crippen LogP contribution in [-0.2, 0) is 32.4 Å². The maximum atomic E-state index is 12.7. The van der Waals surface area contributed by atoms with E-state index in [0.29, 0.717) is 14.9 Å². The van der Waals surface area contributed by atoms with Gasteiger partial charge in [0.1, 0.15) is 16.4 Å². The summed E-state index contributed by atoms with van der Waals surface area (Å²) in [5, 5.41) is 2.99. The SMILES string of the molecule is CC(C)OC(=O)c1c(NC(=O)CN2C(=O)c3ccccc3S2(=O)=O)sc2c1CCCC2. The number of ether oxygens (including phenoxy) is 1. The third-order valence-corrected chi connectivity index (χ3v) is 8.16. The first-order valence-electron chi connectivity index (χ1n) is 10.0. The van der Waals surface area contributed by atoms with Gasteiger partial charge in [0.15, 0.2) is 0 Å². The quantitative estimate of drug-likeness (QED) is 0.684. The number of amides is 2. The highest BCUT2D eigenvalue weighted by Gasteiger charge is 2.42. The van der Waals surface area contributed by atoms with Crippen molar-refractivity contribution in [3.63, 3.8) is 0 Å². The number of fused-ring (bicyclic) bond motifs is 2. The molecule has 0 fully saturated rings. The maximum Gasteiger partial charge on any atom is 0.341 e. The minimum atomic E-state index is -4.09. The molecule has 31 heavy (non-hydrogen) atoms. The van der Waals surface area contributed by atoms with Crippen LogP contribution in [0.15, 0.2) is 29.2 Å². The smallest absolute Gasteiger partial charge is 0.341 e. The summed E-state index contributed by atoms with van der Waals surface area (Å²) in [5.74, 6) is -1.94. The van der Waals surface area contributed by atoms with E-state index >= 15 is 0 Å². The van der Waals surface area contributed by atoms with Crippen LogP contribution < -0.4 is 5.32 Å². The van der Waals surface area contributed by atoms with E-state index in [0.717, 1.165) is 36.1 Å². The number of carbonyl (C=O) groups is 3. The summed E-state index contributed by atoms with van der Waals surface area (Å²) in [6, 6.07) is 5.85. The van der Waals surface area contributed by atoms with Crippen LogP contribution in [0.2, 0.25) is 0 Å². The number of esters is 1. The van der Waals surface area contributed by atoms with Crippen LogP contribution in [0.4, 0.5) is 5.00 Å². The van der Waals surface area contributed by atoms with Gasteiger partial charge in [-0.05, 0) is 57.2 Å². The van der Waals surface area contributed by atoms with E-state index in [2.05, 4.69) is 5.32 Å². The lowest BCUT2D eigenvalue weighted by atomic mass is 9.95. The number of sulfonamides is 1. The van der Waals surface area contributed by atoms with E-state index in [1.54, 1.807) is 19.9 Å². The Morgan fingerprint density at radius 2 is 1.90 bits per heavy atom. The summed E-state index contributed by atoms with van der Waals surface area (Å²) < 4.78 is 31.3. The van der Waals surface area contributed by atoms with Crippen molar-refractivity contribution in [1.29, 1.82) is 0 Å².